The summed E-state index contributed by atoms with van der Waals surface area (Å²) in [5, 5.41) is 8.92. The second-order valence-corrected chi connectivity index (χ2v) is 5.15. The largest absolute Gasteiger partial charge is 0.396 e. The lowest BCUT2D eigenvalue weighted by Gasteiger charge is -2.36. The number of rotatable bonds is 7. The third kappa shape index (κ3) is 3.19. The molecule has 4 nitrogen and oxygen atoms in total. The summed E-state index contributed by atoms with van der Waals surface area (Å²) in [6, 6.07) is 0. The Labute approximate surface area is 103 Å². The van der Waals surface area contributed by atoms with E-state index in [0.29, 0.717) is 6.42 Å². The SMILES string of the molecule is CCCCCCC12CCC(O1)C(CCO)OO2. The highest BCUT2D eigenvalue weighted by atomic mass is 17.2. The van der Waals surface area contributed by atoms with Gasteiger partial charge in [-0.1, -0.05) is 26.2 Å². The van der Waals surface area contributed by atoms with Crippen LogP contribution >= 0.6 is 0 Å². The van der Waals surface area contributed by atoms with E-state index in [4.69, 9.17) is 19.6 Å². The lowest BCUT2D eigenvalue weighted by atomic mass is 10.0. The highest BCUT2D eigenvalue weighted by Gasteiger charge is 2.49. The monoisotopic (exact) mass is 244 g/mol. The zero-order chi connectivity index (χ0) is 12.1. The van der Waals surface area contributed by atoms with Gasteiger partial charge >= 0.3 is 0 Å². The van der Waals surface area contributed by atoms with Crippen molar-refractivity contribution in [3.8, 4) is 0 Å². The first-order valence-electron chi connectivity index (χ1n) is 6.93. The molecule has 3 atom stereocenters. The minimum Gasteiger partial charge on any atom is -0.396 e. The van der Waals surface area contributed by atoms with Crippen molar-refractivity contribution in [3.63, 3.8) is 0 Å². The van der Waals surface area contributed by atoms with E-state index in [1.54, 1.807) is 0 Å². The maximum absolute atomic E-state index is 8.92. The quantitative estimate of drug-likeness (QED) is 0.552. The number of unbranched alkanes of at least 4 members (excludes halogenated alkanes) is 3. The van der Waals surface area contributed by atoms with Gasteiger partial charge in [0.2, 0.25) is 5.79 Å². The molecule has 2 aliphatic rings. The summed E-state index contributed by atoms with van der Waals surface area (Å²) in [6.45, 7) is 2.33. The van der Waals surface area contributed by atoms with E-state index < -0.39 is 5.79 Å². The zero-order valence-corrected chi connectivity index (χ0v) is 10.7. The highest BCUT2D eigenvalue weighted by molar-refractivity contribution is 4.87. The van der Waals surface area contributed by atoms with Gasteiger partial charge < -0.3 is 9.84 Å². The van der Waals surface area contributed by atoms with Crippen LogP contribution in [0.3, 0.4) is 0 Å². The first-order chi connectivity index (χ1) is 8.29. The Kier molecular flexibility index (Phi) is 4.79. The molecule has 2 rings (SSSR count). The lowest BCUT2D eigenvalue weighted by Crippen LogP contribution is -2.44. The summed E-state index contributed by atoms with van der Waals surface area (Å²) in [7, 11) is 0. The second-order valence-electron chi connectivity index (χ2n) is 5.15. The van der Waals surface area contributed by atoms with E-state index in [1.165, 1.54) is 19.3 Å². The standard InChI is InChI=1S/C13H24O4/c1-2-3-4-5-8-13-9-6-11(15-13)12(7-10-14)16-17-13/h11-12,14H,2-10H2,1H3. The van der Waals surface area contributed by atoms with Gasteiger partial charge in [0, 0.05) is 25.9 Å². The fourth-order valence-corrected chi connectivity index (χ4v) is 2.70. The van der Waals surface area contributed by atoms with Crippen LogP contribution in [-0.2, 0) is 14.5 Å². The molecule has 2 heterocycles. The van der Waals surface area contributed by atoms with E-state index in [0.717, 1.165) is 25.7 Å². The molecule has 0 aliphatic carbocycles. The molecular weight excluding hydrogens is 220 g/mol. The summed E-state index contributed by atoms with van der Waals surface area (Å²) < 4.78 is 5.97. The number of aliphatic hydroxyl groups excluding tert-OH is 1. The van der Waals surface area contributed by atoms with Crippen LogP contribution in [0.4, 0.5) is 0 Å². The van der Waals surface area contributed by atoms with Gasteiger partial charge in [-0.2, -0.15) is 0 Å². The first-order valence-corrected chi connectivity index (χ1v) is 6.93. The van der Waals surface area contributed by atoms with Crippen LogP contribution in [0, 0.1) is 0 Å². The second kappa shape index (κ2) is 6.14. The van der Waals surface area contributed by atoms with Crippen LogP contribution in [0.2, 0.25) is 0 Å². The molecule has 2 fully saturated rings. The van der Waals surface area contributed by atoms with E-state index in [1.807, 2.05) is 0 Å². The van der Waals surface area contributed by atoms with Crippen molar-refractivity contribution in [1.82, 2.24) is 0 Å². The van der Waals surface area contributed by atoms with Crippen molar-refractivity contribution >= 4 is 0 Å². The van der Waals surface area contributed by atoms with Gasteiger partial charge in [0.25, 0.3) is 0 Å². The molecular formula is C13H24O4. The van der Waals surface area contributed by atoms with Crippen molar-refractivity contribution in [1.29, 1.82) is 0 Å². The van der Waals surface area contributed by atoms with Crippen molar-refractivity contribution in [2.75, 3.05) is 6.61 Å². The van der Waals surface area contributed by atoms with Crippen LogP contribution < -0.4 is 0 Å². The molecule has 1 N–H and O–H groups in total. The number of hydrogen-bond acceptors (Lipinski definition) is 4. The number of hydrogen-bond donors (Lipinski definition) is 1. The fourth-order valence-electron chi connectivity index (χ4n) is 2.70. The predicted octanol–water partition coefficient (Wildman–Crippen LogP) is 2.54. The van der Waals surface area contributed by atoms with Crippen LogP contribution in [0.25, 0.3) is 0 Å². The molecule has 100 valence electrons. The Morgan fingerprint density at radius 1 is 1.29 bits per heavy atom. The van der Waals surface area contributed by atoms with Crippen LogP contribution in [0.1, 0.15) is 58.3 Å². The maximum Gasteiger partial charge on any atom is 0.202 e. The third-order valence-corrected chi connectivity index (χ3v) is 3.74. The topological polar surface area (TPSA) is 47.9 Å². The Hall–Kier alpha value is -0.160. The molecule has 3 unspecified atom stereocenters. The molecule has 0 aromatic heterocycles. The first kappa shape index (κ1) is 13.3. The van der Waals surface area contributed by atoms with Gasteiger partial charge in [0.1, 0.15) is 6.10 Å². The molecule has 0 aromatic carbocycles. The van der Waals surface area contributed by atoms with Gasteiger partial charge in [-0.15, -0.1) is 0 Å². The molecule has 0 amide bonds. The molecule has 2 saturated heterocycles. The normalized spacial score (nSPS) is 36.4. The van der Waals surface area contributed by atoms with Crippen molar-refractivity contribution in [2.24, 2.45) is 0 Å². The highest BCUT2D eigenvalue weighted by Crippen LogP contribution is 2.42. The van der Waals surface area contributed by atoms with E-state index in [2.05, 4.69) is 6.92 Å². The van der Waals surface area contributed by atoms with Gasteiger partial charge in [0.15, 0.2) is 0 Å². The third-order valence-electron chi connectivity index (χ3n) is 3.74. The average molecular weight is 244 g/mol. The van der Waals surface area contributed by atoms with Gasteiger partial charge in [0.05, 0.1) is 6.10 Å². The minimum absolute atomic E-state index is 0.0914. The predicted molar refractivity (Wildman–Crippen MR) is 63.3 cm³/mol. The summed E-state index contributed by atoms with van der Waals surface area (Å²) >= 11 is 0. The Morgan fingerprint density at radius 3 is 2.94 bits per heavy atom. The van der Waals surface area contributed by atoms with E-state index >= 15 is 0 Å². The zero-order valence-electron chi connectivity index (χ0n) is 10.7. The number of ether oxygens (including phenoxy) is 1. The van der Waals surface area contributed by atoms with Crippen molar-refractivity contribution in [3.05, 3.63) is 0 Å². The molecule has 4 heteroatoms. The Bertz CT molecular complexity index is 229. The molecule has 0 spiro atoms. The van der Waals surface area contributed by atoms with Crippen LogP contribution in [0.15, 0.2) is 0 Å². The molecule has 2 bridgehead atoms. The Morgan fingerprint density at radius 2 is 2.18 bits per heavy atom. The minimum atomic E-state index is -0.482. The van der Waals surface area contributed by atoms with Gasteiger partial charge in [-0.25, -0.2) is 9.78 Å². The smallest absolute Gasteiger partial charge is 0.202 e. The van der Waals surface area contributed by atoms with E-state index in [9.17, 15) is 0 Å². The molecule has 0 aromatic rings. The van der Waals surface area contributed by atoms with Gasteiger partial charge in [-0.05, 0) is 12.8 Å². The lowest BCUT2D eigenvalue weighted by molar-refractivity contribution is -0.486. The van der Waals surface area contributed by atoms with Crippen molar-refractivity contribution in [2.45, 2.75) is 76.3 Å². The van der Waals surface area contributed by atoms with E-state index in [-0.39, 0.29) is 18.8 Å². The number of aliphatic hydroxyl groups is 1. The fraction of sp³-hybridized carbons (Fsp3) is 1.00. The van der Waals surface area contributed by atoms with Crippen LogP contribution in [0.5, 0.6) is 0 Å². The molecule has 0 saturated carbocycles. The molecule has 0 radical (unpaired) electrons. The summed E-state index contributed by atoms with van der Waals surface area (Å²) in [6.07, 6.45) is 8.33. The summed E-state index contributed by atoms with van der Waals surface area (Å²) in [5.74, 6) is -0.482. The number of fused-ring (bicyclic) bond motifs is 2. The van der Waals surface area contributed by atoms with Crippen LogP contribution in [-0.4, -0.2) is 29.7 Å². The molecule has 17 heavy (non-hydrogen) atoms. The van der Waals surface area contributed by atoms with Crippen molar-refractivity contribution < 1.29 is 19.6 Å². The average Bonchev–Trinajstić information content (AvgIpc) is 2.69. The Balaban J connectivity index is 1.77. The summed E-state index contributed by atoms with van der Waals surface area (Å²) in [4.78, 5) is 10.8. The molecule has 2 aliphatic heterocycles. The van der Waals surface area contributed by atoms with Gasteiger partial charge in [-0.3, -0.25) is 0 Å². The maximum atomic E-state index is 8.92. The summed E-state index contributed by atoms with van der Waals surface area (Å²) in [5.41, 5.74) is 0.